The minimum Gasteiger partial charge on any atom is -0.462 e. The van der Waals surface area contributed by atoms with Crippen LogP contribution in [-0.4, -0.2) is 50.8 Å². The third kappa shape index (κ3) is 28.7. The van der Waals surface area contributed by atoms with E-state index in [4.69, 9.17) is 4.74 Å². The molecule has 300 valence electrons. The lowest BCUT2D eigenvalue weighted by Gasteiger charge is -2.25. The van der Waals surface area contributed by atoms with Crippen molar-refractivity contribution in [1.29, 1.82) is 0 Å². The Morgan fingerprint density at radius 2 is 1.10 bits per heavy atom. The van der Waals surface area contributed by atoms with Gasteiger partial charge < -0.3 is 14.4 Å². The van der Waals surface area contributed by atoms with Crippen molar-refractivity contribution in [3.63, 3.8) is 0 Å². The average Bonchev–Trinajstić information content (AvgIpc) is 3.58. The van der Waals surface area contributed by atoms with E-state index in [0.717, 1.165) is 89.8 Å². The van der Waals surface area contributed by atoms with Crippen molar-refractivity contribution in [1.82, 2.24) is 14.5 Å². The molecule has 0 aliphatic heterocycles. The number of hydrogen-bond donors (Lipinski definition) is 1. The van der Waals surface area contributed by atoms with Crippen LogP contribution < -0.4 is 0 Å². The largest absolute Gasteiger partial charge is 0.462 e. The van der Waals surface area contributed by atoms with Crippen LogP contribution in [0.3, 0.4) is 0 Å². The Morgan fingerprint density at radius 1 is 0.647 bits per heavy atom. The van der Waals surface area contributed by atoms with Crippen molar-refractivity contribution in [2.45, 2.75) is 252 Å². The van der Waals surface area contributed by atoms with Crippen LogP contribution in [0.2, 0.25) is 0 Å². The van der Waals surface area contributed by atoms with Crippen LogP contribution in [0.15, 0.2) is 12.4 Å². The maximum Gasteiger partial charge on any atom is 0.306 e. The predicted octanol–water partition coefficient (Wildman–Crippen LogP) is 13.1. The van der Waals surface area contributed by atoms with Gasteiger partial charge in [0.25, 0.3) is 0 Å². The zero-order valence-corrected chi connectivity index (χ0v) is 34.7. The first-order chi connectivity index (χ1) is 25.0. The zero-order chi connectivity index (χ0) is 37.0. The van der Waals surface area contributed by atoms with Gasteiger partial charge in [0, 0.05) is 31.9 Å². The molecule has 1 unspecified atom stereocenters. The van der Waals surface area contributed by atoms with Gasteiger partial charge in [-0.15, -0.1) is 0 Å². The third-order valence-electron chi connectivity index (χ3n) is 10.8. The minimum atomic E-state index is -0.277. The van der Waals surface area contributed by atoms with E-state index in [1.807, 2.05) is 6.20 Å². The van der Waals surface area contributed by atoms with Gasteiger partial charge in [-0.05, 0) is 58.4 Å². The van der Waals surface area contributed by atoms with Gasteiger partial charge in [-0.25, -0.2) is 4.98 Å². The summed E-state index contributed by atoms with van der Waals surface area (Å²) in [6.07, 6.45) is 41.4. The summed E-state index contributed by atoms with van der Waals surface area (Å²) in [6, 6.07) is 0. The highest BCUT2D eigenvalue weighted by Crippen LogP contribution is 2.19. The van der Waals surface area contributed by atoms with E-state index in [1.165, 1.54) is 135 Å². The first-order valence-corrected chi connectivity index (χ1v) is 22.6. The van der Waals surface area contributed by atoms with Crippen molar-refractivity contribution in [3.8, 4) is 0 Å². The monoisotopic (exact) mass is 718 g/mol. The fourth-order valence-electron chi connectivity index (χ4n) is 7.42. The Morgan fingerprint density at radius 3 is 1.61 bits per heavy atom. The van der Waals surface area contributed by atoms with Crippen molar-refractivity contribution in [2.24, 2.45) is 0 Å². The summed E-state index contributed by atoms with van der Waals surface area (Å²) in [5.74, 6) is 1.11. The molecule has 1 heterocycles. The van der Waals surface area contributed by atoms with E-state index in [2.05, 4.69) is 48.3 Å². The van der Waals surface area contributed by atoms with Gasteiger partial charge in [-0.1, -0.05) is 168 Å². The van der Waals surface area contributed by atoms with Gasteiger partial charge in [-0.3, -0.25) is 9.69 Å². The SMILES string of the molecule is CCCCCCCCCCCCC(O)CN(CCCCCCCC(=O)OC(CCCCCCCC)CCCCCCCC)Cc1nccn1CC. The van der Waals surface area contributed by atoms with E-state index in [0.29, 0.717) is 6.42 Å². The molecule has 0 saturated heterocycles. The number of imidazole rings is 1. The number of unbranched alkanes of at least 4 members (excludes halogenated alkanes) is 23. The van der Waals surface area contributed by atoms with Gasteiger partial charge >= 0.3 is 5.97 Å². The second kappa shape index (κ2) is 35.6. The number of carbonyl (C=O) groups is 1. The molecule has 0 fully saturated rings. The van der Waals surface area contributed by atoms with Crippen LogP contribution in [0.1, 0.15) is 233 Å². The van der Waals surface area contributed by atoms with E-state index in [1.54, 1.807) is 0 Å². The molecule has 0 amide bonds. The molecule has 0 radical (unpaired) electrons. The summed E-state index contributed by atoms with van der Waals surface area (Å²) in [5.41, 5.74) is 0. The van der Waals surface area contributed by atoms with Gasteiger partial charge in [0.1, 0.15) is 11.9 Å². The molecular formula is C45H87N3O3. The number of ether oxygens (including phenoxy) is 1. The van der Waals surface area contributed by atoms with Gasteiger partial charge in [0.2, 0.25) is 0 Å². The number of esters is 1. The number of rotatable bonds is 39. The highest BCUT2D eigenvalue weighted by Gasteiger charge is 2.16. The Kier molecular flexibility index (Phi) is 33.3. The van der Waals surface area contributed by atoms with Crippen molar-refractivity contribution < 1.29 is 14.6 Å². The molecule has 1 atom stereocenters. The summed E-state index contributed by atoms with van der Waals surface area (Å²) in [7, 11) is 0. The fourth-order valence-corrected chi connectivity index (χ4v) is 7.42. The normalized spacial score (nSPS) is 12.4. The molecule has 0 aliphatic rings. The minimum absolute atomic E-state index is 0.0194. The van der Waals surface area contributed by atoms with Gasteiger partial charge in [0.05, 0.1) is 12.6 Å². The lowest BCUT2D eigenvalue weighted by atomic mass is 10.0. The number of aryl methyl sites for hydroxylation is 1. The predicted molar refractivity (Wildman–Crippen MR) is 219 cm³/mol. The summed E-state index contributed by atoms with van der Waals surface area (Å²) in [5, 5.41) is 11.0. The smallest absolute Gasteiger partial charge is 0.306 e. The van der Waals surface area contributed by atoms with Crippen molar-refractivity contribution >= 4 is 5.97 Å². The molecule has 1 N–H and O–H groups in total. The highest BCUT2D eigenvalue weighted by molar-refractivity contribution is 5.69. The van der Waals surface area contributed by atoms with E-state index in [9.17, 15) is 9.90 Å². The quantitative estimate of drug-likeness (QED) is 0.0542. The second-order valence-electron chi connectivity index (χ2n) is 15.7. The Balaban J connectivity index is 2.35. The molecule has 1 aromatic rings. The fraction of sp³-hybridized carbons (Fsp3) is 0.911. The van der Waals surface area contributed by atoms with E-state index < -0.39 is 0 Å². The Labute approximate surface area is 317 Å². The van der Waals surface area contributed by atoms with E-state index in [-0.39, 0.29) is 18.2 Å². The standard InChI is InChI=1S/C45H87N3O3/c1-5-9-12-15-18-19-20-21-23-28-33-42(49)40-47(41-44-46-37-39-48(44)8-4)38-32-27-22-26-31-36-45(50)51-43(34-29-24-16-13-10-6-2)35-30-25-17-14-11-7-3/h37,39,42-43,49H,5-36,38,40-41H2,1-4H3. The molecular weight excluding hydrogens is 631 g/mol. The third-order valence-corrected chi connectivity index (χ3v) is 10.8. The molecule has 6 nitrogen and oxygen atoms in total. The van der Waals surface area contributed by atoms with Crippen LogP contribution in [-0.2, 0) is 22.6 Å². The molecule has 0 aliphatic carbocycles. The number of hydrogen-bond acceptors (Lipinski definition) is 5. The molecule has 0 saturated carbocycles. The maximum atomic E-state index is 12.8. The highest BCUT2D eigenvalue weighted by atomic mass is 16.5. The van der Waals surface area contributed by atoms with Gasteiger partial charge in [-0.2, -0.15) is 0 Å². The molecule has 1 aromatic heterocycles. The lowest BCUT2D eigenvalue weighted by molar-refractivity contribution is -0.150. The number of aliphatic hydroxyl groups is 1. The number of aliphatic hydroxyl groups excluding tert-OH is 1. The lowest BCUT2D eigenvalue weighted by Crippen LogP contribution is -2.34. The molecule has 51 heavy (non-hydrogen) atoms. The number of carbonyl (C=O) groups excluding carboxylic acids is 1. The van der Waals surface area contributed by atoms with Crippen LogP contribution >= 0.6 is 0 Å². The Bertz CT molecular complexity index is 859. The Hall–Kier alpha value is -1.40. The topological polar surface area (TPSA) is 67.6 Å². The molecule has 0 spiro atoms. The summed E-state index contributed by atoms with van der Waals surface area (Å²) in [4.78, 5) is 19.9. The van der Waals surface area contributed by atoms with Crippen LogP contribution in [0.25, 0.3) is 0 Å². The summed E-state index contributed by atoms with van der Waals surface area (Å²) >= 11 is 0. The molecule has 1 rings (SSSR count). The first-order valence-electron chi connectivity index (χ1n) is 22.6. The summed E-state index contributed by atoms with van der Waals surface area (Å²) < 4.78 is 8.28. The molecule has 6 heteroatoms. The van der Waals surface area contributed by atoms with Crippen molar-refractivity contribution in [3.05, 3.63) is 18.2 Å². The zero-order valence-electron chi connectivity index (χ0n) is 34.7. The maximum absolute atomic E-state index is 12.8. The van der Waals surface area contributed by atoms with Crippen LogP contribution in [0, 0.1) is 0 Å². The van der Waals surface area contributed by atoms with Gasteiger partial charge in [0.15, 0.2) is 0 Å². The number of aromatic nitrogens is 2. The van der Waals surface area contributed by atoms with Crippen LogP contribution in [0.4, 0.5) is 0 Å². The first kappa shape index (κ1) is 47.6. The van der Waals surface area contributed by atoms with E-state index >= 15 is 0 Å². The van der Waals surface area contributed by atoms with Crippen LogP contribution in [0.5, 0.6) is 0 Å². The van der Waals surface area contributed by atoms with Crippen molar-refractivity contribution in [2.75, 3.05) is 13.1 Å². The molecule has 0 aromatic carbocycles. The summed E-state index contributed by atoms with van der Waals surface area (Å²) in [6.45, 7) is 12.4. The second-order valence-corrected chi connectivity index (χ2v) is 15.7. The average molecular weight is 718 g/mol. The molecule has 0 bridgehead atoms. The number of nitrogens with zero attached hydrogens (tertiary/aromatic N) is 3.